The van der Waals surface area contributed by atoms with E-state index in [9.17, 15) is 14.0 Å². The van der Waals surface area contributed by atoms with Crippen LogP contribution in [0.5, 0.6) is 0 Å². The molecule has 0 unspecified atom stereocenters. The van der Waals surface area contributed by atoms with Crippen molar-refractivity contribution in [2.45, 2.75) is 19.1 Å². The molecule has 33 heavy (non-hydrogen) atoms. The highest BCUT2D eigenvalue weighted by atomic mass is 32.2. The van der Waals surface area contributed by atoms with Crippen LogP contribution in [-0.4, -0.2) is 39.3 Å². The minimum Gasteiger partial charge on any atom is -0.361 e. The number of benzene rings is 2. The Morgan fingerprint density at radius 2 is 2.06 bits per heavy atom. The number of nitrogens with one attached hydrogen (secondary N) is 3. The minimum absolute atomic E-state index is 0.0513. The van der Waals surface area contributed by atoms with E-state index in [0.717, 1.165) is 23.3 Å². The molecule has 0 aliphatic carbocycles. The van der Waals surface area contributed by atoms with E-state index in [1.54, 1.807) is 6.07 Å². The number of H-pyrrole nitrogens is 1. The van der Waals surface area contributed by atoms with E-state index < -0.39 is 11.7 Å². The number of rotatable bonds is 9. The molecule has 10 heteroatoms. The molecule has 0 bridgehead atoms. The molecule has 170 valence electrons. The van der Waals surface area contributed by atoms with Crippen LogP contribution in [0.25, 0.3) is 10.9 Å². The number of anilines is 1. The third kappa shape index (κ3) is 6.17. The van der Waals surface area contributed by atoms with E-state index in [2.05, 4.69) is 50.9 Å². The van der Waals surface area contributed by atoms with Gasteiger partial charge in [0.15, 0.2) is 0 Å². The zero-order valence-corrected chi connectivity index (χ0v) is 19.5. The Balaban J connectivity index is 1.19. The Labute approximate surface area is 198 Å². The van der Waals surface area contributed by atoms with Crippen LogP contribution in [0, 0.1) is 12.7 Å². The molecule has 0 aliphatic rings. The van der Waals surface area contributed by atoms with E-state index in [-0.39, 0.29) is 16.7 Å². The fourth-order valence-corrected chi connectivity index (χ4v) is 4.91. The maximum atomic E-state index is 13.2. The Bertz CT molecular complexity index is 1290. The highest BCUT2D eigenvalue weighted by molar-refractivity contribution is 7.99. The summed E-state index contributed by atoms with van der Waals surface area (Å²) >= 11 is 2.56. The van der Waals surface area contributed by atoms with Crippen molar-refractivity contribution < 1.29 is 14.0 Å². The summed E-state index contributed by atoms with van der Waals surface area (Å²) in [5, 5.41) is 15.4. The highest BCUT2D eigenvalue weighted by Gasteiger charge is 2.14. The number of carbonyl (C=O) groups is 2. The molecule has 3 N–H and O–H groups in total. The summed E-state index contributed by atoms with van der Waals surface area (Å²) < 4.78 is 13.2. The molecule has 2 amide bonds. The van der Waals surface area contributed by atoms with Crippen LogP contribution >= 0.6 is 23.1 Å². The first kappa shape index (κ1) is 22.9. The zero-order chi connectivity index (χ0) is 23.2. The number of amides is 2. The summed E-state index contributed by atoms with van der Waals surface area (Å²) in [5.41, 5.74) is 3.83. The molecule has 0 saturated carbocycles. The van der Waals surface area contributed by atoms with E-state index in [4.69, 9.17) is 0 Å². The van der Waals surface area contributed by atoms with Crippen LogP contribution < -0.4 is 10.6 Å². The van der Waals surface area contributed by atoms with Crippen molar-refractivity contribution in [3.05, 3.63) is 75.6 Å². The lowest BCUT2D eigenvalue weighted by atomic mass is 10.1. The van der Waals surface area contributed by atoms with Gasteiger partial charge >= 0.3 is 0 Å². The van der Waals surface area contributed by atoms with Gasteiger partial charge in [-0.3, -0.25) is 9.59 Å². The second-order valence-electron chi connectivity index (χ2n) is 7.42. The normalized spacial score (nSPS) is 11.0. The van der Waals surface area contributed by atoms with Gasteiger partial charge in [0.1, 0.15) is 10.8 Å². The van der Waals surface area contributed by atoms with E-state index in [1.165, 1.54) is 46.5 Å². The quantitative estimate of drug-likeness (QED) is 0.329. The Kier molecular flexibility index (Phi) is 7.36. The zero-order valence-electron chi connectivity index (χ0n) is 17.9. The van der Waals surface area contributed by atoms with Crippen molar-refractivity contribution in [1.29, 1.82) is 0 Å². The largest absolute Gasteiger partial charge is 0.361 e. The number of thioether (sulfide) groups is 1. The SMILES string of the molecule is Cc1ccc2[nH]cc(CCNC(=O)CSCc3nnc(C(=O)Nc4cccc(F)c4)s3)c2c1. The third-order valence-corrected chi connectivity index (χ3v) is 6.89. The minimum atomic E-state index is -0.445. The van der Waals surface area contributed by atoms with Gasteiger partial charge in [-0.15, -0.1) is 22.0 Å². The van der Waals surface area contributed by atoms with Gasteiger partial charge in [-0.1, -0.05) is 29.0 Å². The number of aryl methyl sites for hydroxylation is 1. The van der Waals surface area contributed by atoms with Crippen molar-refractivity contribution in [1.82, 2.24) is 20.5 Å². The standard InChI is InChI=1S/C23H22FN5O2S2/c1-14-5-6-19-18(9-14)15(11-26-19)7-8-25-20(30)12-32-13-21-28-29-23(33-21)22(31)27-17-4-2-3-16(24)10-17/h2-6,9-11,26H,7-8,12-13H2,1H3,(H,25,30)(H,27,31). The summed E-state index contributed by atoms with van der Waals surface area (Å²) in [6.07, 6.45) is 2.74. The summed E-state index contributed by atoms with van der Waals surface area (Å²) in [4.78, 5) is 27.7. The molecule has 2 aromatic carbocycles. The first-order chi connectivity index (χ1) is 16.0. The molecule has 4 aromatic rings. The molecule has 0 aliphatic heterocycles. The maximum Gasteiger partial charge on any atom is 0.286 e. The van der Waals surface area contributed by atoms with Gasteiger partial charge in [-0.05, 0) is 49.2 Å². The van der Waals surface area contributed by atoms with Gasteiger partial charge in [0.25, 0.3) is 5.91 Å². The van der Waals surface area contributed by atoms with E-state index in [1.807, 2.05) is 6.20 Å². The summed E-state index contributed by atoms with van der Waals surface area (Å²) in [6, 6.07) is 11.9. The van der Waals surface area contributed by atoms with Gasteiger partial charge in [0, 0.05) is 35.1 Å². The van der Waals surface area contributed by atoms with Crippen molar-refractivity contribution in [2.24, 2.45) is 0 Å². The predicted octanol–water partition coefficient (Wildman–Crippen LogP) is 4.31. The Morgan fingerprint density at radius 3 is 2.91 bits per heavy atom. The lowest BCUT2D eigenvalue weighted by molar-refractivity contribution is -0.118. The fourth-order valence-electron chi connectivity index (χ4n) is 3.27. The molecule has 2 aromatic heterocycles. The predicted molar refractivity (Wildman–Crippen MR) is 130 cm³/mol. The fraction of sp³-hybridized carbons (Fsp3) is 0.217. The van der Waals surface area contributed by atoms with Gasteiger partial charge in [0.05, 0.1) is 5.75 Å². The third-order valence-electron chi connectivity index (χ3n) is 4.84. The van der Waals surface area contributed by atoms with Crippen molar-refractivity contribution >= 4 is 51.5 Å². The molecule has 4 rings (SSSR count). The van der Waals surface area contributed by atoms with Gasteiger partial charge in [0.2, 0.25) is 10.9 Å². The number of carbonyl (C=O) groups excluding carboxylic acids is 2. The molecular formula is C23H22FN5O2S2. The lowest BCUT2D eigenvalue weighted by Gasteiger charge is -2.04. The second-order valence-corrected chi connectivity index (χ2v) is 9.47. The van der Waals surface area contributed by atoms with Crippen LogP contribution in [-0.2, 0) is 17.0 Å². The highest BCUT2D eigenvalue weighted by Crippen LogP contribution is 2.20. The summed E-state index contributed by atoms with van der Waals surface area (Å²) in [7, 11) is 0. The van der Waals surface area contributed by atoms with Crippen LogP contribution in [0.2, 0.25) is 0 Å². The molecule has 0 radical (unpaired) electrons. The molecule has 0 atom stereocenters. The monoisotopic (exact) mass is 483 g/mol. The van der Waals surface area contributed by atoms with Gasteiger partial charge in [-0.25, -0.2) is 4.39 Å². The molecule has 0 saturated heterocycles. The van der Waals surface area contributed by atoms with Crippen LogP contribution in [0.15, 0.2) is 48.7 Å². The molecule has 0 fully saturated rings. The Hall–Kier alpha value is -3.24. The lowest BCUT2D eigenvalue weighted by Crippen LogP contribution is -2.27. The first-order valence-corrected chi connectivity index (χ1v) is 12.3. The van der Waals surface area contributed by atoms with Crippen molar-refractivity contribution in [3.8, 4) is 0 Å². The molecular weight excluding hydrogens is 461 g/mol. The second kappa shape index (κ2) is 10.6. The summed E-state index contributed by atoms with van der Waals surface area (Å²) in [6.45, 7) is 2.62. The average molecular weight is 484 g/mol. The average Bonchev–Trinajstić information content (AvgIpc) is 3.41. The van der Waals surface area contributed by atoms with Crippen molar-refractivity contribution in [2.75, 3.05) is 17.6 Å². The first-order valence-electron chi connectivity index (χ1n) is 10.3. The number of fused-ring (bicyclic) bond motifs is 1. The maximum absolute atomic E-state index is 13.2. The Morgan fingerprint density at radius 1 is 1.18 bits per heavy atom. The topological polar surface area (TPSA) is 99.8 Å². The van der Waals surface area contributed by atoms with Gasteiger partial charge in [-0.2, -0.15) is 0 Å². The number of aromatic amines is 1. The van der Waals surface area contributed by atoms with E-state index >= 15 is 0 Å². The number of hydrogen-bond donors (Lipinski definition) is 3. The smallest absolute Gasteiger partial charge is 0.286 e. The molecule has 0 spiro atoms. The van der Waals surface area contributed by atoms with Gasteiger partial charge < -0.3 is 15.6 Å². The number of nitrogens with zero attached hydrogens (tertiary/aromatic N) is 2. The molecule has 7 nitrogen and oxygen atoms in total. The van der Waals surface area contributed by atoms with E-state index in [0.29, 0.717) is 23.0 Å². The number of aromatic nitrogens is 3. The van der Waals surface area contributed by atoms with Crippen LogP contribution in [0.1, 0.15) is 25.9 Å². The van der Waals surface area contributed by atoms with Crippen molar-refractivity contribution in [3.63, 3.8) is 0 Å². The number of hydrogen-bond acceptors (Lipinski definition) is 6. The van der Waals surface area contributed by atoms with Crippen LogP contribution in [0.3, 0.4) is 0 Å². The summed E-state index contributed by atoms with van der Waals surface area (Å²) in [5.74, 6) is -0.168. The molecule has 2 heterocycles. The number of halogens is 1. The van der Waals surface area contributed by atoms with Crippen LogP contribution in [0.4, 0.5) is 10.1 Å².